The van der Waals surface area contributed by atoms with E-state index in [0.717, 1.165) is 34.1 Å². The van der Waals surface area contributed by atoms with Gasteiger partial charge in [0.2, 0.25) is 0 Å². The van der Waals surface area contributed by atoms with Gasteiger partial charge < -0.3 is 14.2 Å². The molecule has 3 heteroatoms. The molecule has 0 saturated carbocycles. The van der Waals surface area contributed by atoms with E-state index in [2.05, 4.69) is 287 Å². The molecule has 11 aromatic carbocycles. The summed E-state index contributed by atoms with van der Waals surface area (Å²) in [6.45, 7) is 11.6. The molecule has 3 nitrogen and oxygen atoms in total. The highest BCUT2D eigenvalue weighted by molar-refractivity contribution is 6.13. The van der Waals surface area contributed by atoms with Gasteiger partial charge in [-0.25, -0.2) is 0 Å². The van der Waals surface area contributed by atoms with Crippen molar-refractivity contribution in [2.45, 2.75) is 45.4 Å². The van der Waals surface area contributed by atoms with E-state index in [4.69, 9.17) is 4.74 Å². The molecule has 1 heterocycles. The second-order valence-corrected chi connectivity index (χ2v) is 22.2. The first-order valence-corrected chi connectivity index (χ1v) is 26.8. The maximum absolute atomic E-state index is 5.51. The van der Waals surface area contributed by atoms with Crippen molar-refractivity contribution in [1.82, 2.24) is 4.57 Å². The van der Waals surface area contributed by atoms with Crippen LogP contribution in [0.25, 0.3) is 94.3 Å². The summed E-state index contributed by atoms with van der Waals surface area (Å²) in [4.78, 5) is 2.37. The van der Waals surface area contributed by atoms with Crippen molar-refractivity contribution in [3.63, 3.8) is 0 Å². The monoisotopic (exact) mass is 992 g/mol. The Kier molecular flexibility index (Phi) is 11.7. The molecule has 0 saturated heterocycles. The summed E-state index contributed by atoms with van der Waals surface area (Å²) in [6.07, 6.45) is 0. The van der Waals surface area contributed by atoms with Gasteiger partial charge in [0.1, 0.15) is 5.75 Å². The lowest BCUT2D eigenvalue weighted by Gasteiger charge is -2.27. The first-order valence-electron chi connectivity index (χ1n) is 26.8. The van der Waals surface area contributed by atoms with E-state index in [0.29, 0.717) is 0 Å². The van der Waals surface area contributed by atoms with E-state index < -0.39 is 0 Å². The van der Waals surface area contributed by atoms with Gasteiger partial charge >= 0.3 is 0 Å². The number of benzene rings is 11. The Balaban J connectivity index is 0.966. The van der Waals surface area contributed by atoms with Gasteiger partial charge in [0.05, 0.1) is 18.1 Å². The molecule has 1 aliphatic carbocycles. The summed E-state index contributed by atoms with van der Waals surface area (Å²) in [6, 6.07) is 93.9. The summed E-state index contributed by atoms with van der Waals surface area (Å²) >= 11 is 0. The van der Waals surface area contributed by atoms with Crippen LogP contribution in [0.4, 0.5) is 17.1 Å². The zero-order chi connectivity index (χ0) is 52.4. The first-order chi connectivity index (χ1) is 37.5. The van der Waals surface area contributed by atoms with E-state index >= 15 is 0 Å². The van der Waals surface area contributed by atoms with Crippen LogP contribution in [-0.2, 0) is 10.8 Å². The molecule has 0 aliphatic heterocycles. The summed E-state index contributed by atoms with van der Waals surface area (Å²) < 4.78 is 8.03. The number of ether oxygens (including phenoxy) is 1. The van der Waals surface area contributed by atoms with Gasteiger partial charge in [-0.05, 0) is 186 Å². The second kappa shape index (κ2) is 18.9. The minimum atomic E-state index is -0.247. The van der Waals surface area contributed by atoms with Crippen LogP contribution in [0.1, 0.15) is 51.3 Å². The maximum Gasteiger partial charge on any atom is 0.118 e. The van der Waals surface area contributed by atoms with Gasteiger partial charge in [0.25, 0.3) is 0 Å². The maximum atomic E-state index is 5.51. The Labute approximate surface area is 453 Å². The number of rotatable bonds is 10. The molecule has 0 fully saturated rings. The van der Waals surface area contributed by atoms with Gasteiger partial charge in [-0.2, -0.15) is 0 Å². The molecule has 0 radical (unpaired) electrons. The highest BCUT2D eigenvalue weighted by Gasteiger charge is 2.37. The van der Waals surface area contributed by atoms with Crippen LogP contribution in [-0.4, -0.2) is 11.7 Å². The lowest BCUT2D eigenvalue weighted by Crippen LogP contribution is -2.15. The molecule has 0 amide bonds. The molecule has 0 bridgehead atoms. The van der Waals surface area contributed by atoms with E-state index in [1.165, 1.54) is 99.7 Å². The number of aromatic nitrogens is 1. The molecular formula is C74H60N2O. The van der Waals surface area contributed by atoms with Crippen molar-refractivity contribution in [3.8, 4) is 78.2 Å². The molecule has 77 heavy (non-hydrogen) atoms. The van der Waals surface area contributed by atoms with Crippen molar-refractivity contribution in [2.75, 3.05) is 12.0 Å². The van der Waals surface area contributed by atoms with Crippen LogP contribution in [0.3, 0.4) is 0 Å². The molecule has 1 aliphatic rings. The molecule has 0 N–H and O–H groups in total. The summed E-state index contributed by atoms with van der Waals surface area (Å²) in [5.41, 5.74) is 25.1. The van der Waals surface area contributed by atoms with Crippen LogP contribution >= 0.6 is 0 Å². The average molecular weight is 993 g/mol. The average Bonchev–Trinajstić information content (AvgIpc) is 3.94. The number of methoxy groups -OCH3 is 1. The Morgan fingerprint density at radius 3 is 1.32 bits per heavy atom. The predicted molar refractivity (Wildman–Crippen MR) is 325 cm³/mol. The topological polar surface area (TPSA) is 17.4 Å². The molecule has 372 valence electrons. The predicted octanol–water partition coefficient (Wildman–Crippen LogP) is 20.2. The van der Waals surface area contributed by atoms with Crippen molar-refractivity contribution in [1.29, 1.82) is 0 Å². The van der Waals surface area contributed by atoms with E-state index in [9.17, 15) is 0 Å². The largest absolute Gasteiger partial charge is 0.497 e. The normalized spacial score (nSPS) is 12.6. The van der Waals surface area contributed by atoms with Crippen LogP contribution in [0.2, 0.25) is 0 Å². The summed E-state index contributed by atoms with van der Waals surface area (Å²) in [7, 11) is 1.72. The molecule has 12 aromatic rings. The molecule has 0 spiro atoms. The third-order valence-electron chi connectivity index (χ3n) is 16.1. The van der Waals surface area contributed by atoms with Gasteiger partial charge in [0.15, 0.2) is 0 Å². The van der Waals surface area contributed by atoms with Crippen LogP contribution in [0.5, 0.6) is 5.75 Å². The minimum Gasteiger partial charge on any atom is -0.497 e. The third-order valence-corrected chi connectivity index (χ3v) is 16.1. The number of fused-ring (bicyclic) bond motifs is 6. The lowest BCUT2D eigenvalue weighted by molar-refractivity contribution is 0.415. The van der Waals surface area contributed by atoms with Crippen molar-refractivity contribution in [2.24, 2.45) is 0 Å². The highest BCUT2D eigenvalue weighted by Crippen LogP contribution is 2.52. The lowest BCUT2D eigenvalue weighted by atomic mass is 9.81. The smallest absolute Gasteiger partial charge is 0.118 e. The Morgan fingerprint density at radius 2 is 0.792 bits per heavy atom. The minimum absolute atomic E-state index is 0.0522. The second-order valence-electron chi connectivity index (χ2n) is 22.2. The highest BCUT2D eigenvalue weighted by atomic mass is 16.5. The first kappa shape index (κ1) is 47.5. The Hall–Kier alpha value is -9.18. The van der Waals surface area contributed by atoms with Crippen LogP contribution < -0.4 is 9.64 Å². The van der Waals surface area contributed by atoms with Crippen LogP contribution in [0, 0.1) is 0 Å². The van der Waals surface area contributed by atoms with Crippen molar-refractivity contribution < 1.29 is 4.74 Å². The Bertz CT molecular complexity index is 4070. The van der Waals surface area contributed by atoms with Crippen molar-refractivity contribution >= 4 is 38.9 Å². The fraction of sp³-hybridized carbons (Fsp3) is 0.108. The molecule has 1 aromatic heterocycles. The van der Waals surface area contributed by atoms with Gasteiger partial charge in [-0.1, -0.05) is 192 Å². The van der Waals surface area contributed by atoms with Gasteiger partial charge in [-0.15, -0.1) is 0 Å². The molecule has 0 atom stereocenters. The van der Waals surface area contributed by atoms with Gasteiger partial charge in [0, 0.05) is 38.9 Å². The number of hydrogen-bond donors (Lipinski definition) is 0. The van der Waals surface area contributed by atoms with E-state index in [1.54, 1.807) is 7.11 Å². The fourth-order valence-electron chi connectivity index (χ4n) is 11.8. The molecular weight excluding hydrogens is 933 g/mol. The molecule has 0 unspecified atom stereocenters. The van der Waals surface area contributed by atoms with Crippen molar-refractivity contribution in [3.05, 3.63) is 271 Å². The number of anilines is 3. The quantitative estimate of drug-likeness (QED) is 0.136. The Morgan fingerprint density at radius 1 is 0.364 bits per heavy atom. The van der Waals surface area contributed by atoms with E-state index in [-0.39, 0.29) is 10.8 Å². The van der Waals surface area contributed by atoms with Crippen LogP contribution in [0.15, 0.2) is 255 Å². The van der Waals surface area contributed by atoms with Gasteiger partial charge in [-0.3, -0.25) is 0 Å². The fourth-order valence-corrected chi connectivity index (χ4v) is 11.8. The molecule has 13 rings (SSSR count). The summed E-state index contributed by atoms with van der Waals surface area (Å²) in [5, 5.41) is 2.45. The number of nitrogens with zero attached hydrogens (tertiary/aromatic N) is 2. The standard InChI is InChI=1S/C74H60N2O/c1-73(2,3)59-30-36-62(37-31-59)75(60-32-22-52(23-33-60)49-16-10-7-11-17-49)61-34-24-53(25-35-61)55-29-41-71-67(45-55)68-47-66-65-40-28-56(54-26-38-64(77-6)39-27-54)46-69(65)74(4,5)70(66)48-72(68)76(71)63-43-57(50-18-12-8-13-19-50)42-58(44-63)51-20-14-9-15-21-51/h7-48H,1-6H3. The zero-order valence-electron chi connectivity index (χ0n) is 44.6. The number of hydrogen-bond acceptors (Lipinski definition) is 2. The zero-order valence-corrected chi connectivity index (χ0v) is 44.6. The third kappa shape index (κ3) is 8.59. The SMILES string of the molecule is COc1ccc(-c2ccc3c(c2)C(C)(C)c2cc4c(cc2-3)c2cc(-c3ccc(N(c5ccc(-c6ccccc6)cc5)c5ccc(C(C)(C)C)cc5)cc3)ccc2n4-c2cc(-c3ccccc3)cc(-c3ccccc3)c2)cc1. The van der Waals surface area contributed by atoms with E-state index in [1.807, 2.05) is 12.1 Å². The summed E-state index contributed by atoms with van der Waals surface area (Å²) in [5.74, 6) is 0.859.